The molecule has 0 saturated carbocycles. The van der Waals surface area contributed by atoms with Crippen LogP contribution in [0, 0.1) is 0 Å². The first kappa shape index (κ1) is 15.4. The van der Waals surface area contributed by atoms with E-state index >= 15 is 0 Å². The Balaban J connectivity index is 1.75. The Morgan fingerprint density at radius 1 is 1.40 bits per heavy atom. The first-order chi connectivity index (χ1) is 9.49. The normalized spacial score (nSPS) is 20.1. The van der Waals surface area contributed by atoms with Gasteiger partial charge in [-0.05, 0) is 20.4 Å². The van der Waals surface area contributed by atoms with Gasteiger partial charge in [-0.15, -0.1) is 0 Å². The molecule has 1 atom stereocenters. The van der Waals surface area contributed by atoms with Crippen molar-refractivity contribution in [1.29, 1.82) is 0 Å². The predicted octanol–water partition coefficient (Wildman–Crippen LogP) is -0.286. The third kappa shape index (κ3) is 4.02. The summed E-state index contributed by atoms with van der Waals surface area (Å²) >= 11 is 0. The van der Waals surface area contributed by atoms with Crippen LogP contribution in [0.4, 0.5) is 0 Å². The molecule has 2 heterocycles. The zero-order valence-electron chi connectivity index (χ0n) is 12.0. The SMILES string of the molecule is C[C@@H](CCNS(=O)(=O)c1cn[nH]c1)N1CCN(C)CC1. The highest BCUT2D eigenvalue weighted by Crippen LogP contribution is 2.09. The second-order valence-electron chi connectivity index (χ2n) is 5.31. The molecule has 0 aliphatic carbocycles. The molecular formula is C12H23N5O2S. The minimum atomic E-state index is -3.42. The highest BCUT2D eigenvalue weighted by molar-refractivity contribution is 7.89. The number of piperazine rings is 1. The second-order valence-corrected chi connectivity index (χ2v) is 7.08. The van der Waals surface area contributed by atoms with Crippen LogP contribution in [0.15, 0.2) is 17.3 Å². The number of H-pyrrole nitrogens is 1. The van der Waals surface area contributed by atoms with E-state index in [0.717, 1.165) is 32.6 Å². The highest BCUT2D eigenvalue weighted by atomic mass is 32.2. The van der Waals surface area contributed by atoms with Gasteiger partial charge in [-0.3, -0.25) is 10.00 Å². The molecular weight excluding hydrogens is 278 g/mol. The molecule has 0 unspecified atom stereocenters. The summed E-state index contributed by atoms with van der Waals surface area (Å²) in [6.45, 7) is 6.84. The van der Waals surface area contributed by atoms with E-state index in [2.05, 4.69) is 38.7 Å². The number of aromatic nitrogens is 2. The molecule has 0 spiro atoms. The van der Waals surface area contributed by atoms with E-state index < -0.39 is 10.0 Å². The van der Waals surface area contributed by atoms with Crippen molar-refractivity contribution >= 4 is 10.0 Å². The minimum Gasteiger partial charge on any atom is -0.304 e. The van der Waals surface area contributed by atoms with Crippen molar-refractivity contribution in [1.82, 2.24) is 24.7 Å². The Bertz CT molecular complexity index is 494. The van der Waals surface area contributed by atoms with Crippen LogP contribution >= 0.6 is 0 Å². The van der Waals surface area contributed by atoms with Crippen LogP contribution in [0.25, 0.3) is 0 Å². The van der Waals surface area contributed by atoms with Gasteiger partial charge in [0.05, 0.1) is 6.20 Å². The summed E-state index contributed by atoms with van der Waals surface area (Å²) in [5.41, 5.74) is 0. The predicted molar refractivity (Wildman–Crippen MR) is 76.9 cm³/mol. The number of hydrogen-bond acceptors (Lipinski definition) is 5. The zero-order chi connectivity index (χ0) is 14.6. The maximum absolute atomic E-state index is 11.9. The number of rotatable bonds is 6. The molecule has 1 aromatic heterocycles. The smallest absolute Gasteiger partial charge is 0.243 e. The van der Waals surface area contributed by atoms with E-state index in [-0.39, 0.29) is 4.90 Å². The van der Waals surface area contributed by atoms with Crippen molar-refractivity contribution < 1.29 is 8.42 Å². The molecule has 8 heteroatoms. The average Bonchev–Trinajstić information content (AvgIpc) is 2.94. The van der Waals surface area contributed by atoms with Gasteiger partial charge >= 0.3 is 0 Å². The maximum atomic E-state index is 11.9. The minimum absolute atomic E-state index is 0.185. The van der Waals surface area contributed by atoms with Crippen molar-refractivity contribution in [2.45, 2.75) is 24.3 Å². The summed E-state index contributed by atoms with van der Waals surface area (Å²) in [7, 11) is -1.30. The molecule has 1 fully saturated rings. The Hall–Kier alpha value is -0.960. The number of nitrogens with one attached hydrogen (secondary N) is 2. The Morgan fingerprint density at radius 3 is 2.70 bits per heavy atom. The summed E-state index contributed by atoms with van der Waals surface area (Å²) in [6.07, 6.45) is 3.50. The summed E-state index contributed by atoms with van der Waals surface area (Å²) in [5.74, 6) is 0. The van der Waals surface area contributed by atoms with Gasteiger partial charge in [0.2, 0.25) is 10.0 Å². The van der Waals surface area contributed by atoms with Crippen molar-refractivity contribution in [3.05, 3.63) is 12.4 Å². The van der Waals surface area contributed by atoms with Crippen molar-refractivity contribution in [3.63, 3.8) is 0 Å². The molecule has 0 bridgehead atoms. The van der Waals surface area contributed by atoms with Gasteiger partial charge in [0.25, 0.3) is 0 Å². The molecule has 1 aliphatic rings. The van der Waals surface area contributed by atoms with E-state index in [1.807, 2.05) is 0 Å². The quantitative estimate of drug-likeness (QED) is 0.755. The number of sulfonamides is 1. The molecule has 0 radical (unpaired) electrons. The summed E-state index contributed by atoms with van der Waals surface area (Å²) in [6, 6.07) is 0.385. The lowest BCUT2D eigenvalue weighted by atomic mass is 10.2. The monoisotopic (exact) mass is 301 g/mol. The number of aromatic amines is 1. The van der Waals surface area contributed by atoms with E-state index in [1.54, 1.807) is 0 Å². The molecule has 114 valence electrons. The van der Waals surface area contributed by atoms with Crippen LogP contribution in [0.3, 0.4) is 0 Å². The van der Waals surface area contributed by atoms with Gasteiger partial charge in [0.1, 0.15) is 4.90 Å². The molecule has 0 aromatic carbocycles. The fraction of sp³-hybridized carbons (Fsp3) is 0.750. The summed E-state index contributed by atoms with van der Waals surface area (Å²) < 4.78 is 26.4. The molecule has 1 aliphatic heterocycles. The zero-order valence-corrected chi connectivity index (χ0v) is 12.9. The van der Waals surface area contributed by atoms with Crippen LogP contribution in [0.5, 0.6) is 0 Å². The largest absolute Gasteiger partial charge is 0.304 e. The van der Waals surface area contributed by atoms with E-state index in [1.165, 1.54) is 12.4 Å². The lowest BCUT2D eigenvalue weighted by Gasteiger charge is -2.36. The first-order valence-electron chi connectivity index (χ1n) is 6.90. The Labute approximate surface area is 120 Å². The second kappa shape index (κ2) is 6.66. The summed E-state index contributed by atoms with van der Waals surface area (Å²) in [4.78, 5) is 4.90. The van der Waals surface area contributed by atoms with E-state index in [0.29, 0.717) is 12.6 Å². The van der Waals surface area contributed by atoms with Gasteiger partial charge in [0, 0.05) is 45.0 Å². The molecule has 2 rings (SSSR count). The van der Waals surface area contributed by atoms with Crippen molar-refractivity contribution in [2.75, 3.05) is 39.8 Å². The van der Waals surface area contributed by atoms with Crippen molar-refractivity contribution in [3.8, 4) is 0 Å². The van der Waals surface area contributed by atoms with Gasteiger partial charge < -0.3 is 4.90 Å². The topological polar surface area (TPSA) is 81.3 Å². The molecule has 2 N–H and O–H groups in total. The van der Waals surface area contributed by atoms with Crippen LogP contribution in [-0.4, -0.2) is 74.2 Å². The van der Waals surface area contributed by atoms with Crippen molar-refractivity contribution in [2.24, 2.45) is 0 Å². The Morgan fingerprint density at radius 2 is 2.10 bits per heavy atom. The third-order valence-corrected chi connectivity index (χ3v) is 5.23. The van der Waals surface area contributed by atoms with E-state index in [9.17, 15) is 8.42 Å². The number of hydrogen-bond donors (Lipinski definition) is 2. The number of nitrogens with zero attached hydrogens (tertiary/aromatic N) is 3. The van der Waals surface area contributed by atoms with Gasteiger partial charge in [-0.25, -0.2) is 13.1 Å². The van der Waals surface area contributed by atoms with Crippen LogP contribution in [0.2, 0.25) is 0 Å². The van der Waals surface area contributed by atoms with Gasteiger partial charge in [-0.1, -0.05) is 0 Å². The lowest BCUT2D eigenvalue weighted by Crippen LogP contribution is -2.48. The van der Waals surface area contributed by atoms with Crippen LogP contribution in [0.1, 0.15) is 13.3 Å². The van der Waals surface area contributed by atoms with Gasteiger partial charge in [0.15, 0.2) is 0 Å². The molecule has 20 heavy (non-hydrogen) atoms. The standard InChI is InChI=1S/C12H23N5O2S/c1-11(17-7-5-16(2)6-8-17)3-4-15-20(18,19)12-9-13-14-10-12/h9-11,15H,3-8H2,1-2H3,(H,13,14)/t11-/m0/s1. The third-order valence-electron chi connectivity index (χ3n) is 3.80. The lowest BCUT2D eigenvalue weighted by molar-refractivity contribution is 0.115. The molecule has 1 saturated heterocycles. The maximum Gasteiger partial charge on any atom is 0.243 e. The van der Waals surface area contributed by atoms with Gasteiger partial charge in [-0.2, -0.15) is 5.10 Å². The molecule has 7 nitrogen and oxygen atoms in total. The fourth-order valence-corrected chi connectivity index (χ4v) is 3.27. The Kier molecular flexibility index (Phi) is 5.14. The molecule has 0 amide bonds. The van der Waals surface area contributed by atoms with E-state index in [4.69, 9.17) is 0 Å². The van der Waals surface area contributed by atoms with Crippen LogP contribution < -0.4 is 4.72 Å². The highest BCUT2D eigenvalue weighted by Gasteiger charge is 2.20. The number of likely N-dealkylation sites (N-methyl/N-ethyl adjacent to an activating group) is 1. The fourth-order valence-electron chi connectivity index (χ4n) is 2.32. The average molecular weight is 301 g/mol. The molecule has 1 aromatic rings. The summed E-state index contributed by atoms with van der Waals surface area (Å²) in [5, 5.41) is 6.16. The first-order valence-corrected chi connectivity index (χ1v) is 8.38. The van der Waals surface area contributed by atoms with Crippen LogP contribution in [-0.2, 0) is 10.0 Å².